The molecule has 138 valence electrons. The summed E-state index contributed by atoms with van der Waals surface area (Å²) in [6.07, 6.45) is 2.56. The van der Waals surface area contributed by atoms with Crippen LogP contribution in [-0.4, -0.2) is 48.4 Å². The van der Waals surface area contributed by atoms with E-state index in [4.69, 9.17) is 10.2 Å². The molecule has 5 nitrogen and oxygen atoms in total. The lowest BCUT2D eigenvalue weighted by Gasteiger charge is -2.34. The first kappa shape index (κ1) is 21.5. The summed E-state index contributed by atoms with van der Waals surface area (Å²) in [5.74, 6) is 0.686. The van der Waals surface area contributed by atoms with Gasteiger partial charge in [-0.2, -0.15) is 0 Å². The molecule has 25 heavy (non-hydrogen) atoms. The van der Waals surface area contributed by atoms with E-state index in [1.807, 2.05) is 11.0 Å². The average Bonchev–Trinajstić information content (AvgIpc) is 3.10. The van der Waals surface area contributed by atoms with E-state index in [0.29, 0.717) is 17.9 Å². The summed E-state index contributed by atoms with van der Waals surface area (Å²) in [7, 11) is 0. The van der Waals surface area contributed by atoms with E-state index < -0.39 is 0 Å². The monoisotopic (exact) mass is 385 g/mol. The number of nitrogens with two attached hydrogens (primary N) is 1. The van der Waals surface area contributed by atoms with Crippen LogP contribution >= 0.6 is 24.8 Å². The summed E-state index contributed by atoms with van der Waals surface area (Å²) < 4.78 is 5.25. The second kappa shape index (κ2) is 10.5. The Kier molecular flexibility index (Phi) is 9.00. The van der Waals surface area contributed by atoms with Crippen molar-refractivity contribution in [1.29, 1.82) is 0 Å². The Bertz CT molecular complexity index is 641. The molecule has 1 aliphatic heterocycles. The molecule has 0 bridgehead atoms. The quantitative estimate of drug-likeness (QED) is 0.858. The Labute approximate surface area is 161 Å². The highest BCUT2D eigenvalue weighted by atomic mass is 35.5. The van der Waals surface area contributed by atoms with E-state index in [9.17, 15) is 4.79 Å². The second-order valence-electron chi connectivity index (χ2n) is 5.88. The van der Waals surface area contributed by atoms with Gasteiger partial charge in [-0.05, 0) is 18.1 Å². The van der Waals surface area contributed by atoms with Gasteiger partial charge in [0.05, 0.1) is 12.1 Å². The van der Waals surface area contributed by atoms with Crippen LogP contribution in [0.4, 0.5) is 0 Å². The maximum absolute atomic E-state index is 12.4. The van der Waals surface area contributed by atoms with Crippen molar-refractivity contribution < 1.29 is 9.21 Å². The predicted octanol–water partition coefficient (Wildman–Crippen LogP) is 2.58. The van der Waals surface area contributed by atoms with Gasteiger partial charge in [-0.25, -0.2) is 0 Å². The van der Waals surface area contributed by atoms with Crippen LogP contribution in [-0.2, 0) is 13.0 Å². The topological polar surface area (TPSA) is 62.7 Å². The highest BCUT2D eigenvalue weighted by Gasteiger charge is 2.23. The predicted molar refractivity (Wildman–Crippen MR) is 104 cm³/mol. The second-order valence-corrected chi connectivity index (χ2v) is 5.88. The summed E-state index contributed by atoms with van der Waals surface area (Å²) in [5, 5.41) is 0. The molecule has 1 amide bonds. The Morgan fingerprint density at radius 3 is 2.36 bits per heavy atom. The number of furan rings is 1. The molecule has 0 unspecified atom stereocenters. The van der Waals surface area contributed by atoms with E-state index in [0.717, 1.165) is 39.1 Å². The van der Waals surface area contributed by atoms with Gasteiger partial charge in [-0.1, -0.05) is 30.3 Å². The molecule has 0 radical (unpaired) electrons. The van der Waals surface area contributed by atoms with Crippen LogP contribution < -0.4 is 5.73 Å². The molecule has 3 rings (SSSR count). The molecular weight excluding hydrogens is 361 g/mol. The number of amides is 1. The van der Waals surface area contributed by atoms with Crippen LogP contribution in [0, 0.1) is 0 Å². The minimum atomic E-state index is 0. The molecule has 1 aliphatic rings. The lowest BCUT2D eigenvalue weighted by atomic mass is 10.1. The molecule has 2 N–H and O–H groups in total. The maximum Gasteiger partial charge on any atom is 0.257 e. The zero-order chi connectivity index (χ0) is 16.1. The lowest BCUT2D eigenvalue weighted by molar-refractivity contribution is 0.0638. The number of halogens is 2. The summed E-state index contributed by atoms with van der Waals surface area (Å²) in [4.78, 5) is 16.7. The largest absolute Gasteiger partial charge is 0.467 e. The maximum atomic E-state index is 12.4. The molecule has 1 saturated heterocycles. The average molecular weight is 386 g/mol. The van der Waals surface area contributed by atoms with Crippen LogP contribution in [0.3, 0.4) is 0 Å². The Morgan fingerprint density at radius 2 is 1.76 bits per heavy atom. The van der Waals surface area contributed by atoms with Crippen molar-refractivity contribution in [3.8, 4) is 0 Å². The van der Waals surface area contributed by atoms with Crippen LogP contribution in [0.1, 0.15) is 21.7 Å². The van der Waals surface area contributed by atoms with E-state index in [1.54, 1.807) is 6.07 Å². The van der Waals surface area contributed by atoms with Crippen molar-refractivity contribution in [3.05, 3.63) is 59.5 Å². The summed E-state index contributed by atoms with van der Waals surface area (Å²) in [6.45, 7) is 4.71. The van der Waals surface area contributed by atoms with Crippen LogP contribution in [0.2, 0.25) is 0 Å². The zero-order valence-electron chi connectivity index (χ0n) is 14.1. The molecule has 7 heteroatoms. The first-order valence-electron chi connectivity index (χ1n) is 8.09. The standard InChI is InChI=1S/C18H23N3O2.2ClH/c19-13-17-12-16(14-23-17)18(22)21-10-8-20(9-11-21)7-6-15-4-2-1-3-5-15;;/h1-5,12,14H,6-11,13,19H2;2*1H. The Morgan fingerprint density at radius 1 is 1.08 bits per heavy atom. The highest BCUT2D eigenvalue weighted by molar-refractivity contribution is 5.94. The van der Waals surface area contributed by atoms with E-state index >= 15 is 0 Å². The van der Waals surface area contributed by atoms with Crippen molar-refractivity contribution in [2.75, 3.05) is 32.7 Å². The van der Waals surface area contributed by atoms with Gasteiger partial charge in [0.15, 0.2) is 0 Å². The first-order valence-corrected chi connectivity index (χ1v) is 8.09. The van der Waals surface area contributed by atoms with E-state index in [1.165, 1.54) is 11.8 Å². The molecule has 2 aromatic rings. The minimum absolute atomic E-state index is 0. The number of carbonyl (C=O) groups is 1. The summed E-state index contributed by atoms with van der Waals surface area (Å²) in [5.41, 5.74) is 7.48. The summed E-state index contributed by atoms with van der Waals surface area (Å²) in [6, 6.07) is 12.3. The minimum Gasteiger partial charge on any atom is -0.467 e. The Hall–Kier alpha value is -1.53. The third-order valence-electron chi connectivity index (χ3n) is 4.32. The lowest BCUT2D eigenvalue weighted by Crippen LogP contribution is -2.49. The Balaban J connectivity index is 0.00000156. The van der Waals surface area contributed by atoms with Gasteiger partial charge >= 0.3 is 0 Å². The van der Waals surface area contributed by atoms with Gasteiger partial charge < -0.3 is 15.1 Å². The number of piperazine rings is 1. The van der Waals surface area contributed by atoms with Crippen molar-refractivity contribution >= 4 is 30.7 Å². The van der Waals surface area contributed by atoms with Gasteiger partial charge in [-0.3, -0.25) is 9.69 Å². The smallest absolute Gasteiger partial charge is 0.257 e. The fourth-order valence-corrected chi connectivity index (χ4v) is 2.89. The number of nitrogens with zero attached hydrogens (tertiary/aromatic N) is 2. The van der Waals surface area contributed by atoms with Crippen LogP contribution in [0.5, 0.6) is 0 Å². The molecule has 0 saturated carbocycles. The molecule has 1 aromatic heterocycles. The number of benzene rings is 1. The fourth-order valence-electron chi connectivity index (χ4n) is 2.89. The molecule has 2 heterocycles. The molecule has 0 spiro atoms. The fraction of sp³-hybridized carbons (Fsp3) is 0.389. The van der Waals surface area contributed by atoms with Gasteiger partial charge in [0.1, 0.15) is 12.0 Å². The van der Waals surface area contributed by atoms with Crippen molar-refractivity contribution in [2.45, 2.75) is 13.0 Å². The van der Waals surface area contributed by atoms with Gasteiger partial charge in [0.2, 0.25) is 0 Å². The molecular formula is C18H25Cl2N3O2. The number of hydrogen-bond donors (Lipinski definition) is 1. The van der Waals surface area contributed by atoms with Crippen LogP contribution in [0.25, 0.3) is 0 Å². The van der Waals surface area contributed by atoms with Crippen LogP contribution in [0.15, 0.2) is 47.1 Å². The number of hydrogen-bond acceptors (Lipinski definition) is 4. The van der Waals surface area contributed by atoms with Crippen molar-refractivity contribution in [2.24, 2.45) is 5.73 Å². The van der Waals surface area contributed by atoms with Gasteiger partial charge in [0.25, 0.3) is 5.91 Å². The number of carbonyl (C=O) groups excluding carboxylic acids is 1. The van der Waals surface area contributed by atoms with Gasteiger partial charge in [0, 0.05) is 32.7 Å². The molecule has 0 atom stereocenters. The molecule has 0 aliphatic carbocycles. The molecule has 1 fully saturated rings. The van der Waals surface area contributed by atoms with Crippen molar-refractivity contribution in [3.63, 3.8) is 0 Å². The highest BCUT2D eigenvalue weighted by Crippen LogP contribution is 2.13. The third kappa shape index (κ3) is 5.75. The number of rotatable bonds is 5. The van der Waals surface area contributed by atoms with E-state index in [2.05, 4.69) is 29.2 Å². The first-order chi connectivity index (χ1) is 11.3. The summed E-state index contributed by atoms with van der Waals surface area (Å²) >= 11 is 0. The zero-order valence-corrected chi connectivity index (χ0v) is 15.7. The normalized spacial score (nSPS) is 14.5. The molecule has 1 aromatic carbocycles. The van der Waals surface area contributed by atoms with E-state index in [-0.39, 0.29) is 30.7 Å². The SMILES string of the molecule is Cl.Cl.NCc1cc(C(=O)N2CCN(CCc3ccccc3)CC2)co1. The van der Waals surface area contributed by atoms with Gasteiger partial charge in [-0.15, -0.1) is 24.8 Å². The van der Waals surface area contributed by atoms with Crippen molar-refractivity contribution in [1.82, 2.24) is 9.80 Å². The third-order valence-corrected chi connectivity index (χ3v) is 4.32.